The molecule has 0 aliphatic heterocycles. The van der Waals surface area contributed by atoms with Crippen molar-refractivity contribution in [1.29, 1.82) is 0 Å². The molecule has 2 aromatic rings. The third kappa shape index (κ3) is 3.01. The van der Waals surface area contributed by atoms with Crippen LogP contribution in [0.3, 0.4) is 0 Å². The Labute approximate surface area is 122 Å². The van der Waals surface area contributed by atoms with Crippen LogP contribution in [0.15, 0.2) is 12.1 Å². The number of aryl methyl sites for hydroxylation is 2. The fourth-order valence-corrected chi connectivity index (χ4v) is 2.16. The summed E-state index contributed by atoms with van der Waals surface area (Å²) in [6, 6.07) is 3.62. The minimum atomic E-state index is -0.0217. The Kier molecular flexibility index (Phi) is 4.79. The van der Waals surface area contributed by atoms with Crippen molar-refractivity contribution >= 4 is 28.7 Å². The Bertz CT molecular complexity index is 612. The number of hydrogen-bond donors (Lipinski definition) is 1. The Morgan fingerprint density at radius 2 is 2.25 bits per heavy atom. The molecule has 0 radical (unpaired) electrons. The maximum atomic E-state index is 11.4. The molecule has 0 bridgehead atoms. The lowest BCUT2D eigenvalue weighted by molar-refractivity contribution is -0.120. The first-order chi connectivity index (χ1) is 9.69. The topological polar surface area (TPSA) is 69.0 Å². The van der Waals surface area contributed by atoms with Crippen LogP contribution in [0.25, 0.3) is 11.2 Å². The van der Waals surface area contributed by atoms with Gasteiger partial charge in [0, 0.05) is 38.4 Å². The number of alkyl halides is 1. The fourth-order valence-electron chi connectivity index (χ4n) is 1.99. The molecule has 2 heterocycles. The van der Waals surface area contributed by atoms with Gasteiger partial charge >= 0.3 is 0 Å². The molecule has 20 heavy (non-hydrogen) atoms. The van der Waals surface area contributed by atoms with Crippen molar-refractivity contribution < 1.29 is 9.53 Å². The average Bonchev–Trinajstić information content (AvgIpc) is 2.81. The molecule has 6 nitrogen and oxygen atoms in total. The Hall–Kier alpha value is -1.82. The zero-order valence-corrected chi connectivity index (χ0v) is 12.3. The number of halogens is 1. The molecule has 7 heteroatoms. The minimum Gasteiger partial charge on any atom is -0.481 e. The number of aromatic nitrogens is 3. The number of carbonyl (C=O) groups excluding carboxylic acids is 1. The number of rotatable bonds is 6. The van der Waals surface area contributed by atoms with Crippen molar-refractivity contribution in [3.63, 3.8) is 0 Å². The summed E-state index contributed by atoms with van der Waals surface area (Å²) in [6.07, 6.45) is 1.00. The van der Waals surface area contributed by atoms with Crippen molar-refractivity contribution in [2.75, 3.05) is 20.0 Å². The van der Waals surface area contributed by atoms with Gasteiger partial charge in [-0.2, -0.15) is 4.98 Å². The first kappa shape index (κ1) is 14.6. The highest BCUT2D eigenvalue weighted by Crippen LogP contribution is 2.19. The summed E-state index contributed by atoms with van der Waals surface area (Å²) in [6.45, 7) is 0.516. The smallest absolute Gasteiger partial charge is 0.221 e. The molecule has 0 aliphatic rings. The van der Waals surface area contributed by atoms with E-state index in [0.29, 0.717) is 36.8 Å². The number of carbonyl (C=O) groups is 1. The largest absolute Gasteiger partial charge is 0.481 e. The van der Waals surface area contributed by atoms with Gasteiger partial charge in [-0.3, -0.25) is 4.79 Å². The molecule has 2 aromatic heterocycles. The number of imidazole rings is 1. The first-order valence-corrected chi connectivity index (χ1v) is 6.89. The van der Waals surface area contributed by atoms with Crippen molar-refractivity contribution in [1.82, 2.24) is 19.9 Å². The molecule has 0 spiro atoms. The number of ether oxygens (including phenoxy) is 1. The lowest BCUT2D eigenvalue weighted by Gasteiger charge is -2.07. The summed E-state index contributed by atoms with van der Waals surface area (Å²) >= 11 is 5.81. The number of fused-ring (bicyclic) bond motifs is 1. The minimum absolute atomic E-state index is 0.0217. The molecule has 1 N–H and O–H groups in total. The van der Waals surface area contributed by atoms with Crippen LogP contribution in [0.4, 0.5) is 0 Å². The second-order valence-corrected chi connectivity index (χ2v) is 4.62. The quantitative estimate of drug-likeness (QED) is 0.817. The maximum absolute atomic E-state index is 11.4. The van der Waals surface area contributed by atoms with Gasteiger partial charge in [-0.15, -0.1) is 11.6 Å². The molecule has 0 saturated carbocycles. The molecular weight excluding hydrogens is 280 g/mol. The summed E-state index contributed by atoms with van der Waals surface area (Å²) in [5.41, 5.74) is 1.50. The van der Waals surface area contributed by atoms with E-state index in [-0.39, 0.29) is 5.91 Å². The highest BCUT2D eigenvalue weighted by atomic mass is 35.5. The Balaban J connectivity index is 2.40. The fraction of sp³-hybridized carbons (Fsp3) is 0.462. The number of methoxy groups -OCH3 is 1. The number of amides is 1. The van der Waals surface area contributed by atoms with Gasteiger partial charge in [0.15, 0.2) is 5.65 Å². The number of nitrogens with zero attached hydrogens (tertiary/aromatic N) is 3. The molecule has 0 fully saturated rings. The molecule has 0 saturated heterocycles. The zero-order chi connectivity index (χ0) is 14.5. The van der Waals surface area contributed by atoms with Gasteiger partial charge in [0.1, 0.15) is 11.3 Å². The summed E-state index contributed by atoms with van der Waals surface area (Å²) in [7, 11) is 3.19. The SMILES string of the molecule is CNC(=O)CCn1c(CCCl)nc2ccc(OC)nc21. The molecule has 0 atom stereocenters. The van der Waals surface area contributed by atoms with Gasteiger partial charge in [-0.25, -0.2) is 4.98 Å². The van der Waals surface area contributed by atoms with Gasteiger partial charge in [-0.1, -0.05) is 0 Å². The first-order valence-electron chi connectivity index (χ1n) is 6.36. The third-order valence-electron chi connectivity index (χ3n) is 3.01. The summed E-state index contributed by atoms with van der Waals surface area (Å²) in [5.74, 6) is 1.81. The number of hydrogen-bond acceptors (Lipinski definition) is 4. The van der Waals surface area contributed by atoms with E-state index in [2.05, 4.69) is 15.3 Å². The van der Waals surface area contributed by atoms with Crippen molar-refractivity contribution in [3.05, 3.63) is 18.0 Å². The van der Waals surface area contributed by atoms with E-state index in [0.717, 1.165) is 11.3 Å². The van der Waals surface area contributed by atoms with Crippen LogP contribution in [0.1, 0.15) is 12.2 Å². The predicted molar refractivity (Wildman–Crippen MR) is 77.2 cm³/mol. The van der Waals surface area contributed by atoms with E-state index in [1.54, 1.807) is 20.2 Å². The molecule has 0 aromatic carbocycles. The maximum Gasteiger partial charge on any atom is 0.221 e. The van der Waals surface area contributed by atoms with Gasteiger partial charge in [0.2, 0.25) is 11.8 Å². The lowest BCUT2D eigenvalue weighted by Crippen LogP contribution is -2.20. The zero-order valence-electron chi connectivity index (χ0n) is 11.5. The van der Waals surface area contributed by atoms with E-state index in [9.17, 15) is 4.79 Å². The van der Waals surface area contributed by atoms with Crippen LogP contribution < -0.4 is 10.1 Å². The standard InChI is InChI=1S/C13H17ClN4O2/c1-15-11(19)6-8-18-10(5-7-14)16-9-3-4-12(20-2)17-13(9)18/h3-4H,5-8H2,1-2H3,(H,15,19). The van der Waals surface area contributed by atoms with E-state index in [1.165, 1.54) is 0 Å². The van der Waals surface area contributed by atoms with Gasteiger partial charge in [-0.05, 0) is 6.07 Å². The van der Waals surface area contributed by atoms with Gasteiger partial charge in [0.05, 0.1) is 7.11 Å². The van der Waals surface area contributed by atoms with Crippen LogP contribution in [-0.4, -0.2) is 40.5 Å². The lowest BCUT2D eigenvalue weighted by atomic mass is 10.3. The average molecular weight is 297 g/mol. The number of pyridine rings is 1. The van der Waals surface area contributed by atoms with Crippen molar-refractivity contribution in [2.24, 2.45) is 0 Å². The Morgan fingerprint density at radius 1 is 1.45 bits per heavy atom. The van der Waals surface area contributed by atoms with Gasteiger partial charge in [0.25, 0.3) is 0 Å². The summed E-state index contributed by atoms with van der Waals surface area (Å²) < 4.78 is 7.06. The van der Waals surface area contributed by atoms with Crippen LogP contribution in [0.5, 0.6) is 5.88 Å². The Morgan fingerprint density at radius 3 is 2.90 bits per heavy atom. The van der Waals surface area contributed by atoms with E-state index in [4.69, 9.17) is 16.3 Å². The molecule has 0 aliphatic carbocycles. The third-order valence-corrected chi connectivity index (χ3v) is 3.20. The van der Waals surface area contributed by atoms with Crippen LogP contribution >= 0.6 is 11.6 Å². The van der Waals surface area contributed by atoms with Crippen molar-refractivity contribution in [3.8, 4) is 5.88 Å². The highest BCUT2D eigenvalue weighted by Gasteiger charge is 2.13. The van der Waals surface area contributed by atoms with Crippen LogP contribution in [0.2, 0.25) is 0 Å². The van der Waals surface area contributed by atoms with E-state index >= 15 is 0 Å². The highest BCUT2D eigenvalue weighted by molar-refractivity contribution is 6.17. The number of nitrogens with one attached hydrogen (secondary N) is 1. The summed E-state index contributed by atoms with van der Waals surface area (Å²) in [5, 5.41) is 2.61. The molecule has 0 unspecified atom stereocenters. The normalized spacial score (nSPS) is 10.8. The monoisotopic (exact) mass is 296 g/mol. The van der Waals surface area contributed by atoms with Crippen LogP contribution in [0, 0.1) is 0 Å². The van der Waals surface area contributed by atoms with Gasteiger partial charge < -0.3 is 14.6 Å². The second kappa shape index (κ2) is 6.56. The van der Waals surface area contributed by atoms with E-state index < -0.39 is 0 Å². The van der Waals surface area contributed by atoms with Crippen molar-refractivity contribution in [2.45, 2.75) is 19.4 Å². The predicted octanol–water partition coefficient (Wildman–Crippen LogP) is 1.36. The van der Waals surface area contributed by atoms with Crippen LogP contribution in [-0.2, 0) is 17.8 Å². The van der Waals surface area contributed by atoms with E-state index in [1.807, 2.05) is 10.6 Å². The molecule has 108 valence electrons. The molecular formula is C13H17ClN4O2. The second-order valence-electron chi connectivity index (χ2n) is 4.24. The molecule has 2 rings (SSSR count). The molecule has 1 amide bonds. The summed E-state index contributed by atoms with van der Waals surface area (Å²) in [4.78, 5) is 20.3.